The van der Waals surface area contributed by atoms with Gasteiger partial charge in [-0.25, -0.2) is 17.2 Å². The lowest BCUT2D eigenvalue weighted by atomic mass is 10.0. The predicted octanol–water partition coefficient (Wildman–Crippen LogP) is 4.07. The number of benzene rings is 2. The molecule has 1 saturated heterocycles. The first kappa shape index (κ1) is 21.5. The Kier molecular flexibility index (Phi) is 5.81. The van der Waals surface area contributed by atoms with Crippen LogP contribution in [0.5, 0.6) is 5.75 Å². The monoisotopic (exact) mass is 449 g/mol. The number of fused-ring (bicyclic) bond motifs is 1. The Morgan fingerprint density at radius 2 is 2.00 bits per heavy atom. The van der Waals surface area contributed by atoms with Gasteiger partial charge in [-0.3, -0.25) is 4.79 Å². The average Bonchev–Trinajstić information content (AvgIpc) is 3.41. The summed E-state index contributed by atoms with van der Waals surface area (Å²) in [5, 5.41) is 0.451. The van der Waals surface area contributed by atoms with Crippen LogP contribution in [-0.2, 0) is 21.2 Å². The summed E-state index contributed by atoms with van der Waals surface area (Å²) < 4.78 is 65.6. The highest BCUT2D eigenvalue weighted by molar-refractivity contribution is 7.89. The Hall–Kier alpha value is -2.78. The minimum Gasteiger partial charge on any atom is -0.491 e. The Labute approximate surface area is 178 Å². The van der Waals surface area contributed by atoms with E-state index in [1.807, 2.05) is 0 Å². The van der Waals surface area contributed by atoms with Gasteiger partial charge in [0.25, 0.3) is 10.0 Å². The van der Waals surface area contributed by atoms with E-state index in [2.05, 4.69) is 0 Å². The second-order valence-electron chi connectivity index (χ2n) is 7.40. The van der Waals surface area contributed by atoms with Crippen LogP contribution < -0.4 is 4.74 Å². The Morgan fingerprint density at radius 3 is 2.74 bits per heavy atom. The quantitative estimate of drug-likeness (QED) is 0.543. The molecule has 1 aliphatic rings. The molecule has 3 aromatic rings. The van der Waals surface area contributed by atoms with Crippen LogP contribution in [0.2, 0.25) is 0 Å². The van der Waals surface area contributed by atoms with E-state index in [0.717, 1.165) is 17.5 Å². The zero-order valence-corrected chi connectivity index (χ0v) is 17.6. The first-order valence-electron chi connectivity index (χ1n) is 9.87. The molecule has 1 aromatic heterocycles. The van der Waals surface area contributed by atoms with Crippen LogP contribution in [0.4, 0.5) is 8.78 Å². The maximum atomic E-state index is 14.4. The van der Waals surface area contributed by atoms with Gasteiger partial charge in [-0.2, -0.15) is 4.31 Å². The van der Waals surface area contributed by atoms with Gasteiger partial charge in [0.15, 0.2) is 23.2 Å². The third-order valence-corrected chi connectivity index (χ3v) is 7.28. The molecule has 4 rings (SSSR count). The summed E-state index contributed by atoms with van der Waals surface area (Å²) in [6.07, 6.45) is 0.848. The summed E-state index contributed by atoms with van der Waals surface area (Å²) in [4.78, 5) is 12.8. The number of sulfonamides is 1. The first-order chi connectivity index (χ1) is 14.8. The van der Waals surface area contributed by atoms with E-state index in [0.29, 0.717) is 23.8 Å². The van der Waals surface area contributed by atoms with Gasteiger partial charge in [0.1, 0.15) is 5.58 Å². The largest absolute Gasteiger partial charge is 0.491 e. The predicted molar refractivity (Wildman–Crippen MR) is 109 cm³/mol. The van der Waals surface area contributed by atoms with Gasteiger partial charge < -0.3 is 9.15 Å². The summed E-state index contributed by atoms with van der Waals surface area (Å²) in [5.41, 5.74) is 0.583. The highest BCUT2D eigenvalue weighted by Gasteiger charge is 2.40. The molecule has 164 valence electrons. The lowest BCUT2D eigenvalue weighted by Crippen LogP contribution is -2.40. The SMILES string of the molecule is COc1c(F)ccc(CCC(=O)[C@@H]2CCCN2S(=O)(=O)c2cc3ccccc3o2)c1F. The second-order valence-corrected chi connectivity index (χ2v) is 9.22. The number of ketones is 1. The van der Waals surface area contributed by atoms with Crippen molar-refractivity contribution in [1.29, 1.82) is 0 Å². The molecule has 0 radical (unpaired) electrons. The van der Waals surface area contributed by atoms with Crippen molar-refractivity contribution in [2.24, 2.45) is 0 Å². The van der Waals surface area contributed by atoms with Crippen molar-refractivity contribution < 1.29 is 31.1 Å². The highest BCUT2D eigenvalue weighted by Crippen LogP contribution is 2.31. The van der Waals surface area contributed by atoms with Gasteiger partial charge in [-0.1, -0.05) is 24.3 Å². The molecule has 31 heavy (non-hydrogen) atoms. The molecule has 0 saturated carbocycles. The molecule has 9 heteroatoms. The number of para-hydroxylation sites is 1. The second kappa shape index (κ2) is 8.39. The molecule has 1 atom stereocenters. The van der Waals surface area contributed by atoms with E-state index in [-0.39, 0.29) is 35.8 Å². The Morgan fingerprint density at radius 1 is 1.23 bits per heavy atom. The van der Waals surface area contributed by atoms with E-state index in [1.165, 1.54) is 12.1 Å². The van der Waals surface area contributed by atoms with Crippen LogP contribution in [0.15, 0.2) is 52.0 Å². The van der Waals surface area contributed by atoms with E-state index in [4.69, 9.17) is 9.15 Å². The zero-order valence-electron chi connectivity index (χ0n) is 16.8. The zero-order chi connectivity index (χ0) is 22.2. The van der Waals surface area contributed by atoms with Gasteiger partial charge in [-0.05, 0) is 37.0 Å². The van der Waals surface area contributed by atoms with Crippen LogP contribution in [0.3, 0.4) is 0 Å². The lowest BCUT2D eigenvalue weighted by Gasteiger charge is -2.22. The van der Waals surface area contributed by atoms with Crippen molar-refractivity contribution in [2.75, 3.05) is 13.7 Å². The molecule has 6 nitrogen and oxygen atoms in total. The summed E-state index contributed by atoms with van der Waals surface area (Å²) >= 11 is 0. The number of hydrogen-bond acceptors (Lipinski definition) is 5. The molecule has 2 heterocycles. The topological polar surface area (TPSA) is 76.8 Å². The fraction of sp³-hybridized carbons (Fsp3) is 0.318. The Bertz CT molecular complexity index is 1200. The normalized spacial score (nSPS) is 17.3. The van der Waals surface area contributed by atoms with Crippen molar-refractivity contribution in [3.05, 3.63) is 59.7 Å². The number of hydrogen-bond donors (Lipinski definition) is 0. The van der Waals surface area contributed by atoms with Gasteiger partial charge in [0.05, 0.1) is 13.2 Å². The average molecular weight is 449 g/mol. The number of aryl methyl sites for hydroxylation is 1. The van der Waals surface area contributed by atoms with E-state index >= 15 is 0 Å². The summed E-state index contributed by atoms with van der Waals surface area (Å²) in [6.45, 7) is 0.203. The first-order valence-corrected chi connectivity index (χ1v) is 11.3. The highest BCUT2D eigenvalue weighted by atomic mass is 32.2. The molecular formula is C22H21F2NO5S. The third-order valence-electron chi connectivity index (χ3n) is 5.52. The van der Waals surface area contributed by atoms with Crippen molar-refractivity contribution in [3.63, 3.8) is 0 Å². The minimum absolute atomic E-state index is 0.0102. The molecule has 1 fully saturated rings. The minimum atomic E-state index is -4.00. The number of methoxy groups -OCH3 is 1. The molecule has 0 aliphatic carbocycles. The van der Waals surface area contributed by atoms with E-state index in [1.54, 1.807) is 24.3 Å². The van der Waals surface area contributed by atoms with Crippen molar-refractivity contribution in [3.8, 4) is 5.75 Å². The maximum absolute atomic E-state index is 14.4. The number of nitrogens with zero attached hydrogens (tertiary/aromatic N) is 1. The molecule has 1 aliphatic heterocycles. The van der Waals surface area contributed by atoms with Gasteiger partial charge in [-0.15, -0.1) is 0 Å². The van der Waals surface area contributed by atoms with Gasteiger partial charge in [0, 0.05) is 24.4 Å². The van der Waals surface area contributed by atoms with Crippen molar-refractivity contribution in [1.82, 2.24) is 4.31 Å². The van der Waals surface area contributed by atoms with Gasteiger partial charge in [0.2, 0.25) is 5.09 Å². The molecule has 2 aromatic carbocycles. The lowest BCUT2D eigenvalue weighted by molar-refractivity contribution is -0.122. The van der Waals surface area contributed by atoms with Crippen LogP contribution in [0, 0.1) is 11.6 Å². The summed E-state index contributed by atoms with van der Waals surface area (Å²) in [5.74, 6) is -2.50. The van der Waals surface area contributed by atoms with Crippen LogP contribution in [0.1, 0.15) is 24.8 Å². The van der Waals surface area contributed by atoms with E-state index in [9.17, 15) is 22.0 Å². The number of carbonyl (C=O) groups is 1. The number of furan rings is 1. The third kappa shape index (κ3) is 3.95. The fourth-order valence-corrected chi connectivity index (χ4v) is 5.56. The van der Waals surface area contributed by atoms with Gasteiger partial charge >= 0.3 is 0 Å². The molecule has 0 bridgehead atoms. The van der Waals surface area contributed by atoms with Crippen molar-refractivity contribution in [2.45, 2.75) is 36.8 Å². The summed E-state index contributed by atoms with van der Waals surface area (Å²) in [6, 6.07) is 9.89. The molecule has 0 amide bonds. The van der Waals surface area contributed by atoms with Crippen LogP contribution in [-0.4, -0.2) is 38.2 Å². The number of Topliss-reactive ketones (excluding diaryl/α,β-unsaturated/α-hetero) is 1. The number of rotatable bonds is 7. The maximum Gasteiger partial charge on any atom is 0.277 e. The molecule has 0 unspecified atom stereocenters. The number of ether oxygens (including phenoxy) is 1. The van der Waals surface area contributed by atoms with Crippen LogP contribution in [0.25, 0.3) is 11.0 Å². The Balaban J connectivity index is 1.52. The number of halogens is 2. The smallest absolute Gasteiger partial charge is 0.277 e. The fourth-order valence-electron chi connectivity index (χ4n) is 3.93. The van der Waals surface area contributed by atoms with E-state index < -0.39 is 33.4 Å². The summed E-state index contributed by atoms with van der Waals surface area (Å²) in [7, 11) is -2.84. The van der Waals surface area contributed by atoms with Crippen LogP contribution >= 0.6 is 0 Å². The molecular weight excluding hydrogens is 428 g/mol. The molecule has 0 N–H and O–H groups in total. The van der Waals surface area contributed by atoms with Crippen molar-refractivity contribution >= 4 is 26.8 Å². The molecule has 0 spiro atoms. The standard InChI is InChI=1S/C22H21F2NO5S/c1-29-22-16(23)10-8-14(21(22)24)9-11-18(26)17-6-4-12-25(17)31(27,28)20-13-15-5-2-3-7-19(15)30-20/h2-3,5,7-8,10,13,17H,4,6,9,11-12H2,1H3/t17-/m0/s1. The number of carbonyl (C=O) groups excluding carboxylic acids is 1.